The van der Waals surface area contributed by atoms with E-state index in [2.05, 4.69) is 0 Å². The molecule has 2 aliphatic heterocycles. The van der Waals surface area contributed by atoms with Crippen molar-refractivity contribution in [2.24, 2.45) is 5.92 Å². The van der Waals surface area contributed by atoms with Gasteiger partial charge in [0, 0.05) is 36.6 Å². The molecule has 3 aliphatic rings. The number of halogens is 7. The molecule has 2 aromatic carbocycles. The fourth-order valence-electron chi connectivity index (χ4n) is 5.82. The number of hydrogen-bond donors (Lipinski definition) is 1. The summed E-state index contributed by atoms with van der Waals surface area (Å²) in [5.41, 5.74) is -2.19. The minimum Gasteiger partial charge on any atom is -0.490 e. The highest BCUT2D eigenvalue weighted by molar-refractivity contribution is 6.31. The number of nitrogens with zero attached hydrogens (tertiary/aromatic N) is 2. The summed E-state index contributed by atoms with van der Waals surface area (Å²) in [5, 5.41) is 9.72. The van der Waals surface area contributed by atoms with Gasteiger partial charge >= 0.3 is 12.1 Å². The number of carbonyl (C=O) groups is 2. The van der Waals surface area contributed by atoms with Gasteiger partial charge < -0.3 is 14.7 Å². The average Bonchev–Trinajstić information content (AvgIpc) is 3.73. The molecule has 0 radical (unpaired) electrons. The fraction of sp³-hybridized carbons (Fsp3) is 0.533. The fourth-order valence-corrected chi connectivity index (χ4v) is 6.00. The molecule has 2 aromatic rings. The minimum absolute atomic E-state index is 0.0233. The molecule has 1 amide bonds. The van der Waals surface area contributed by atoms with Gasteiger partial charge in [-0.2, -0.15) is 13.2 Å². The van der Waals surface area contributed by atoms with E-state index in [1.165, 1.54) is 19.1 Å². The zero-order valence-electron chi connectivity index (χ0n) is 23.3. The second kappa shape index (κ2) is 11.8. The van der Waals surface area contributed by atoms with Gasteiger partial charge in [-0.15, -0.1) is 0 Å². The molecule has 3 fully saturated rings. The van der Waals surface area contributed by atoms with Crippen molar-refractivity contribution in [2.75, 3.05) is 26.2 Å². The molecule has 13 heteroatoms. The molecule has 5 rings (SSSR count). The first kappa shape index (κ1) is 31.4. The number of rotatable bonds is 8. The first-order chi connectivity index (χ1) is 20.2. The summed E-state index contributed by atoms with van der Waals surface area (Å²) in [6.45, 7) is 1.11. The van der Waals surface area contributed by atoms with Crippen molar-refractivity contribution in [1.82, 2.24) is 9.80 Å². The number of carbonyl (C=O) groups excluding carboxylic acids is 1. The van der Waals surface area contributed by atoms with Crippen LogP contribution in [0.4, 0.5) is 26.3 Å². The molecule has 2 unspecified atom stereocenters. The van der Waals surface area contributed by atoms with Gasteiger partial charge in [0.15, 0.2) is 0 Å². The molecule has 43 heavy (non-hydrogen) atoms. The lowest BCUT2D eigenvalue weighted by Crippen LogP contribution is -2.44. The highest BCUT2D eigenvalue weighted by Crippen LogP contribution is 2.46. The third kappa shape index (κ3) is 6.74. The number of alkyl halides is 5. The zero-order chi connectivity index (χ0) is 31.3. The molecule has 1 saturated carbocycles. The van der Waals surface area contributed by atoms with E-state index in [1.54, 1.807) is 4.90 Å². The Bertz CT molecular complexity index is 1390. The highest BCUT2D eigenvalue weighted by atomic mass is 35.5. The van der Waals surface area contributed by atoms with Gasteiger partial charge in [-0.05, 0) is 67.0 Å². The smallest absolute Gasteiger partial charge is 0.416 e. The van der Waals surface area contributed by atoms with Gasteiger partial charge in [-0.25, -0.2) is 18.0 Å². The maximum Gasteiger partial charge on any atom is 0.416 e. The summed E-state index contributed by atoms with van der Waals surface area (Å²) in [6, 6.07) is 3.96. The van der Waals surface area contributed by atoms with Crippen molar-refractivity contribution < 1.29 is 45.8 Å². The van der Waals surface area contributed by atoms with Crippen molar-refractivity contribution in [3.05, 3.63) is 63.4 Å². The lowest BCUT2D eigenvalue weighted by Gasteiger charge is -2.36. The van der Waals surface area contributed by atoms with E-state index in [4.69, 9.17) is 16.3 Å². The second-order valence-corrected chi connectivity index (χ2v) is 12.2. The summed E-state index contributed by atoms with van der Waals surface area (Å²) in [5.74, 6) is -4.20. The lowest BCUT2D eigenvalue weighted by molar-refractivity contribution is -0.142. The average molecular weight is 633 g/mol. The molecule has 6 nitrogen and oxygen atoms in total. The summed E-state index contributed by atoms with van der Waals surface area (Å²) < 4.78 is 90.4. The van der Waals surface area contributed by atoms with Crippen molar-refractivity contribution in [1.29, 1.82) is 0 Å². The Balaban J connectivity index is 1.25. The number of aliphatic carboxylic acids is 1. The molecule has 0 spiro atoms. The number of carboxylic acids is 1. The Labute approximate surface area is 249 Å². The normalized spacial score (nSPS) is 24.3. The van der Waals surface area contributed by atoms with Crippen LogP contribution in [0.3, 0.4) is 0 Å². The van der Waals surface area contributed by atoms with Gasteiger partial charge in [-0.3, -0.25) is 9.69 Å². The topological polar surface area (TPSA) is 70.1 Å². The van der Waals surface area contributed by atoms with Crippen molar-refractivity contribution in [2.45, 2.75) is 69.1 Å². The monoisotopic (exact) mass is 632 g/mol. The van der Waals surface area contributed by atoms with Crippen LogP contribution in [-0.2, 0) is 17.5 Å². The van der Waals surface area contributed by atoms with E-state index in [0.29, 0.717) is 11.1 Å². The van der Waals surface area contributed by atoms with Gasteiger partial charge in [0.2, 0.25) is 0 Å². The number of carboxylic acid groups (broad SMARTS) is 1. The maximum absolute atomic E-state index is 15.8. The van der Waals surface area contributed by atoms with Crippen molar-refractivity contribution in [3.8, 4) is 5.75 Å². The first-order valence-electron chi connectivity index (χ1n) is 14.1. The van der Waals surface area contributed by atoms with Crippen molar-refractivity contribution in [3.63, 3.8) is 0 Å². The number of hydrogen-bond acceptors (Lipinski definition) is 4. The van der Waals surface area contributed by atoms with Crippen LogP contribution in [0, 0.1) is 11.7 Å². The Morgan fingerprint density at radius 2 is 1.81 bits per heavy atom. The molecule has 1 aliphatic carbocycles. The largest absolute Gasteiger partial charge is 0.490 e. The van der Waals surface area contributed by atoms with Crippen LogP contribution in [0.1, 0.15) is 65.6 Å². The standard InChI is InChI=1S/C30H31ClF6N2O4/c1-16-24(33)14-39(26(16)28(41)42)27(40)21-11-20(17-2-3-17)25(12-23(21)32)43-15-29(34)6-8-38(9-7-29)13-18-10-19(30(35,36)37)4-5-22(18)31/h4-5,10-12,16-17,24,26H,2-3,6-9,13-15H2,1H3,(H,41,42)/t16?,24?,26-/m0/s1. The van der Waals surface area contributed by atoms with E-state index in [0.717, 1.165) is 35.9 Å². The van der Waals surface area contributed by atoms with E-state index < -0.39 is 71.9 Å². The summed E-state index contributed by atoms with van der Waals surface area (Å²) in [7, 11) is 0. The van der Waals surface area contributed by atoms with Gasteiger partial charge in [0.05, 0.1) is 17.7 Å². The summed E-state index contributed by atoms with van der Waals surface area (Å²) in [4.78, 5) is 27.5. The quantitative estimate of drug-likeness (QED) is 0.331. The minimum atomic E-state index is -4.51. The zero-order valence-corrected chi connectivity index (χ0v) is 24.0. The predicted molar refractivity (Wildman–Crippen MR) is 145 cm³/mol. The predicted octanol–water partition coefficient (Wildman–Crippen LogP) is 6.64. The molecule has 0 aromatic heterocycles. The number of amides is 1. The van der Waals surface area contributed by atoms with Gasteiger partial charge in [0.25, 0.3) is 5.91 Å². The van der Waals surface area contributed by atoms with Gasteiger partial charge in [-0.1, -0.05) is 18.5 Å². The van der Waals surface area contributed by atoms with Gasteiger partial charge in [0.1, 0.15) is 36.1 Å². The lowest BCUT2D eigenvalue weighted by atomic mass is 9.93. The molecule has 0 bridgehead atoms. The van der Waals surface area contributed by atoms with Crippen LogP contribution < -0.4 is 4.74 Å². The molecular weight excluding hydrogens is 602 g/mol. The molecule has 2 saturated heterocycles. The molecule has 2 heterocycles. The number of ether oxygens (including phenoxy) is 1. The van der Waals surface area contributed by atoms with E-state index in [9.17, 15) is 32.3 Å². The van der Waals surface area contributed by atoms with Crippen LogP contribution >= 0.6 is 11.6 Å². The van der Waals surface area contributed by atoms with E-state index in [1.807, 2.05) is 0 Å². The Morgan fingerprint density at radius 3 is 2.42 bits per heavy atom. The highest BCUT2D eigenvalue weighted by Gasteiger charge is 2.47. The molecule has 234 valence electrons. The Kier molecular flexibility index (Phi) is 8.65. The summed E-state index contributed by atoms with van der Waals surface area (Å²) >= 11 is 6.11. The Hall–Kier alpha value is -2.99. The van der Waals surface area contributed by atoms with Crippen LogP contribution in [0.5, 0.6) is 5.75 Å². The SMILES string of the molecule is CC1C(F)CN(C(=O)c2cc(C3CC3)c(OCC3(F)CCN(Cc4cc(C(F)(F)F)ccc4Cl)CC3)cc2F)[C@@H]1C(=O)O. The van der Waals surface area contributed by atoms with Crippen LogP contribution in [-0.4, -0.2) is 70.9 Å². The molecule has 3 atom stereocenters. The second-order valence-electron chi connectivity index (χ2n) is 11.8. The first-order valence-corrected chi connectivity index (χ1v) is 14.5. The van der Waals surface area contributed by atoms with E-state index in [-0.39, 0.29) is 49.2 Å². The Morgan fingerprint density at radius 1 is 1.14 bits per heavy atom. The van der Waals surface area contributed by atoms with E-state index >= 15 is 8.78 Å². The molecular formula is C30H31ClF6N2O4. The number of piperidine rings is 1. The van der Waals surface area contributed by atoms with Crippen LogP contribution in [0.25, 0.3) is 0 Å². The number of benzene rings is 2. The number of likely N-dealkylation sites (tertiary alicyclic amines) is 2. The summed E-state index contributed by atoms with van der Waals surface area (Å²) in [6.07, 6.45) is -4.54. The van der Waals surface area contributed by atoms with Crippen molar-refractivity contribution >= 4 is 23.5 Å². The van der Waals surface area contributed by atoms with Crippen LogP contribution in [0.2, 0.25) is 5.02 Å². The van der Waals surface area contributed by atoms with Crippen LogP contribution in [0.15, 0.2) is 30.3 Å². The third-order valence-corrected chi connectivity index (χ3v) is 9.01. The maximum atomic E-state index is 15.8. The molecule has 1 N–H and O–H groups in total. The third-order valence-electron chi connectivity index (χ3n) is 8.64.